The minimum Gasteiger partial charge on any atom is -0.113 e. The van der Waals surface area contributed by atoms with Gasteiger partial charge in [-0.2, -0.15) is 0 Å². The molecule has 1 heteroatoms. The molecule has 0 N–H and O–H groups in total. The van der Waals surface area contributed by atoms with Crippen molar-refractivity contribution in [3.05, 3.63) is 119 Å². The van der Waals surface area contributed by atoms with Crippen LogP contribution in [0.15, 0.2) is 102 Å². The molecule has 0 saturated heterocycles. The summed E-state index contributed by atoms with van der Waals surface area (Å²) in [7, 11) is 0. The Labute approximate surface area is 149 Å². The molecule has 0 fully saturated rings. The first kappa shape index (κ1) is 16.6. The lowest BCUT2D eigenvalue weighted by Crippen LogP contribution is -2.24. The first-order valence-corrected chi connectivity index (χ1v) is 9.25. The van der Waals surface area contributed by atoms with Gasteiger partial charge in [0.15, 0.2) is 0 Å². The van der Waals surface area contributed by atoms with Gasteiger partial charge >= 0.3 is 0 Å². The summed E-state index contributed by atoms with van der Waals surface area (Å²) >= 11 is 1.87. The zero-order valence-electron chi connectivity index (χ0n) is 13.9. The van der Waals surface area contributed by atoms with Crippen molar-refractivity contribution in [3.8, 4) is 0 Å². The van der Waals surface area contributed by atoms with E-state index in [1.54, 1.807) is 0 Å². The van der Waals surface area contributed by atoms with E-state index < -0.39 is 0 Å². The van der Waals surface area contributed by atoms with Gasteiger partial charge in [-0.3, -0.25) is 0 Å². The predicted octanol–water partition coefficient (Wildman–Crippen LogP) is 6.64. The smallest absolute Gasteiger partial charge is 0.0948 e. The Hall–Kier alpha value is -2.25. The number of benzene rings is 3. The Balaban J connectivity index is 2.26. The fourth-order valence-electron chi connectivity index (χ4n) is 2.97. The van der Waals surface area contributed by atoms with E-state index in [4.69, 9.17) is 0 Å². The molecular weight excluding hydrogens is 308 g/mol. The van der Waals surface area contributed by atoms with Crippen molar-refractivity contribution in [2.24, 2.45) is 0 Å². The lowest BCUT2D eigenvalue weighted by Gasteiger charge is -2.34. The zero-order valence-corrected chi connectivity index (χ0v) is 14.7. The van der Waals surface area contributed by atoms with Crippen LogP contribution in [0.4, 0.5) is 0 Å². The molecule has 0 spiro atoms. The van der Waals surface area contributed by atoms with Gasteiger partial charge in [0.05, 0.1) is 4.75 Å². The van der Waals surface area contributed by atoms with Gasteiger partial charge in [0.2, 0.25) is 0 Å². The molecule has 0 bridgehead atoms. The van der Waals surface area contributed by atoms with Gasteiger partial charge in [-0.1, -0.05) is 104 Å². The summed E-state index contributed by atoms with van der Waals surface area (Å²) < 4.78 is -0.241. The topological polar surface area (TPSA) is 0 Å². The van der Waals surface area contributed by atoms with Crippen LogP contribution in [0.2, 0.25) is 0 Å². The van der Waals surface area contributed by atoms with E-state index in [-0.39, 0.29) is 4.75 Å². The Bertz CT molecular complexity index is 664. The Morgan fingerprint density at radius 2 is 1.04 bits per heavy atom. The Morgan fingerprint density at radius 3 is 1.38 bits per heavy atom. The second-order valence-electron chi connectivity index (χ2n) is 5.68. The van der Waals surface area contributed by atoms with E-state index in [2.05, 4.69) is 109 Å². The van der Waals surface area contributed by atoms with E-state index in [0.29, 0.717) is 0 Å². The number of hydrogen-bond acceptors (Lipinski definition) is 1. The van der Waals surface area contributed by atoms with Gasteiger partial charge in [0.1, 0.15) is 0 Å². The van der Waals surface area contributed by atoms with Crippen molar-refractivity contribution < 1.29 is 0 Å². The molecule has 3 aromatic rings. The van der Waals surface area contributed by atoms with Crippen LogP contribution in [-0.4, -0.2) is 0 Å². The van der Waals surface area contributed by atoms with Crippen LogP contribution in [-0.2, 0) is 4.75 Å². The highest BCUT2D eigenvalue weighted by Gasteiger charge is 2.36. The fourth-order valence-corrected chi connectivity index (χ4v) is 4.28. The highest BCUT2D eigenvalue weighted by Crippen LogP contribution is 2.48. The molecule has 0 aliphatic heterocycles. The largest absolute Gasteiger partial charge is 0.113 e. The minimum atomic E-state index is -0.241. The summed E-state index contributed by atoms with van der Waals surface area (Å²) in [6, 6.07) is 32.4. The van der Waals surface area contributed by atoms with Crippen molar-refractivity contribution >= 4 is 11.8 Å². The Morgan fingerprint density at radius 1 is 0.667 bits per heavy atom. The van der Waals surface area contributed by atoms with Crippen molar-refractivity contribution in [2.75, 3.05) is 0 Å². The molecule has 0 unspecified atom stereocenters. The van der Waals surface area contributed by atoms with E-state index >= 15 is 0 Å². The monoisotopic (exact) mass is 330 g/mol. The summed E-state index contributed by atoms with van der Waals surface area (Å²) in [6.45, 7) is 2.17. The summed E-state index contributed by atoms with van der Waals surface area (Å²) in [6.07, 6.45) is 3.27. The molecule has 0 atom stereocenters. The van der Waals surface area contributed by atoms with Crippen LogP contribution in [0.25, 0.3) is 0 Å². The maximum Gasteiger partial charge on any atom is 0.0948 e. The van der Waals surface area contributed by atoms with E-state index in [0.717, 1.165) is 6.42 Å². The van der Waals surface area contributed by atoms with Crippen molar-refractivity contribution in [3.63, 3.8) is 0 Å². The molecule has 0 radical (unpaired) electrons. The number of rotatable bonds is 6. The summed E-state index contributed by atoms with van der Waals surface area (Å²) in [5.41, 5.74) is 3.90. The number of hydrogen-bond donors (Lipinski definition) is 0. The molecule has 0 aliphatic rings. The van der Waals surface area contributed by atoms with Gasteiger partial charge in [-0.05, 0) is 28.5 Å². The fraction of sp³-hybridized carbons (Fsp3) is 0.130. The number of allylic oxidation sites excluding steroid dienone is 1. The minimum absolute atomic E-state index is 0.241. The quantitative estimate of drug-likeness (QED) is 0.457. The lowest BCUT2D eigenvalue weighted by atomic mass is 9.84. The normalized spacial score (nSPS) is 11.7. The third kappa shape index (κ3) is 3.32. The molecule has 120 valence electrons. The molecule has 0 amide bonds. The number of thioether (sulfide) groups is 1. The third-order valence-electron chi connectivity index (χ3n) is 4.12. The molecule has 24 heavy (non-hydrogen) atoms. The standard InChI is InChI=1S/C23H22S/c1-2-3-19-24-23(20-13-7-4-8-14-20,21-15-9-5-10-16-21)22-17-11-6-12-18-22/h3-19H,2H2,1H3. The zero-order chi connectivity index (χ0) is 16.7. The third-order valence-corrected chi connectivity index (χ3v) is 5.51. The van der Waals surface area contributed by atoms with Crippen molar-refractivity contribution in [1.82, 2.24) is 0 Å². The van der Waals surface area contributed by atoms with Crippen molar-refractivity contribution in [1.29, 1.82) is 0 Å². The van der Waals surface area contributed by atoms with Gasteiger partial charge < -0.3 is 0 Å². The highest BCUT2D eigenvalue weighted by atomic mass is 32.2. The van der Waals surface area contributed by atoms with Crippen LogP contribution in [0.5, 0.6) is 0 Å². The van der Waals surface area contributed by atoms with E-state index in [1.807, 2.05) is 11.8 Å². The van der Waals surface area contributed by atoms with Gasteiger partial charge in [-0.25, -0.2) is 0 Å². The summed E-state index contributed by atoms with van der Waals surface area (Å²) in [5.74, 6) is 0. The maximum atomic E-state index is 2.24. The van der Waals surface area contributed by atoms with Crippen LogP contribution in [0, 0.1) is 0 Å². The molecule has 3 aromatic carbocycles. The van der Waals surface area contributed by atoms with Crippen molar-refractivity contribution in [2.45, 2.75) is 18.1 Å². The molecule has 3 rings (SSSR count). The van der Waals surface area contributed by atoms with E-state index in [9.17, 15) is 0 Å². The predicted molar refractivity (Wildman–Crippen MR) is 106 cm³/mol. The molecule has 0 aromatic heterocycles. The Kier molecular flexibility index (Phi) is 5.55. The van der Waals surface area contributed by atoms with Gasteiger partial charge in [0, 0.05) is 0 Å². The second kappa shape index (κ2) is 8.03. The molecule has 0 aliphatic carbocycles. The summed E-state index contributed by atoms with van der Waals surface area (Å²) in [5, 5.41) is 2.24. The first-order valence-electron chi connectivity index (χ1n) is 8.37. The van der Waals surface area contributed by atoms with Crippen LogP contribution in [0.3, 0.4) is 0 Å². The van der Waals surface area contributed by atoms with Crippen LogP contribution in [0.1, 0.15) is 30.0 Å². The highest BCUT2D eigenvalue weighted by molar-refractivity contribution is 8.03. The van der Waals surface area contributed by atoms with Crippen LogP contribution >= 0.6 is 11.8 Å². The van der Waals surface area contributed by atoms with E-state index in [1.165, 1.54) is 16.7 Å². The molecular formula is C23H22S. The molecule has 0 nitrogen and oxygen atoms in total. The average Bonchev–Trinajstić information content (AvgIpc) is 2.68. The van der Waals surface area contributed by atoms with Crippen LogP contribution < -0.4 is 0 Å². The summed E-state index contributed by atoms with van der Waals surface area (Å²) in [4.78, 5) is 0. The van der Waals surface area contributed by atoms with Gasteiger partial charge in [-0.15, -0.1) is 11.8 Å². The average molecular weight is 330 g/mol. The molecule has 0 saturated carbocycles. The SMILES string of the molecule is CCC=CSC(c1ccccc1)(c1ccccc1)c1ccccc1. The maximum absolute atomic E-state index is 2.24. The first-order chi connectivity index (χ1) is 11.9. The second-order valence-corrected chi connectivity index (χ2v) is 6.80. The molecule has 0 heterocycles. The van der Waals surface area contributed by atoms with Gasteiger partial charge in [0.25, 0.3) is 0 Å². The lowest BCUT2D eigenvalue weighted by molar-refractivity contribution is 0.900.